The fraction of sp³-hybridized carbons (Fsp3) is 0.273. The highest BCUT2D eigenvalue weighted by molar-refractivity contribution is 7.89. The molecule has 2 heterocycles. The second-order valence-electron chi connectivity index (χ2n) is 4.20. The molecule has 0 aliphatic heterocycles. The van der Waals surface area contributed by atoms with Crippen LogP contribution in [0.15, 0.2) is 22.7 Å². The van der Waals surface area contributed by atoms with E-state index in [-0.39, 0.29) is 9.77 Å². The summed E-state index contributed by atoms with van der Waals surface area (Å²) >= 11 is 0.894. The molecule has 1 atom stereocenters. The van der Waals surface area contributed by atoms with E-state index in [1.54, 1.807) is 20.0 Å². The van der Waals surface area contributed by atoms with Crippen molar-refractivity contribution in [3.8, 4) is 0 Å². The Morgan fingerprint density at radius 1 is 1.55 bits per heavy atom. The summed E-state index contributed by atoms with van der Waals surface area (Å²) in [6.07, 6.45) is 3.09. The van der Waals surface area contributed by atoms with Gasteiger partial charge in [0.05, 0.1) is 6.04 Å². The first kappa shape index (κ1) is 14.7. The van der Waals surface area contributed by atoms with Gasteiger partial charge < -0.3 is 10.1 Å². The van der Waals surface area contributed by atoms with Crippen molar-refractivity contribution in [1.29, 1.82) is 0 Å². The van der Waals surface area contributed by atoms with Crippen LogP contribution in [-0.4, -0.2) is 29.5 Å². The average Bonchev–Trinajstić information content (AvgIpc) is 2.96. The third-order valence-corrected chi connectivity index (χ3v) is 5.58. The van der Waals surface area contributed by atoms with Gasteiger partial charge in [0.15, 0.2) is 0 Å². The molecular weight excluding hydrogens is 302 g/mol. The van der Waals surface area contributed by atoms with Crippen molar-refractivity contribution in [1.82, 2.24) is 14.7 Å². The van der Waals surface area contributed by atoms with Crippen LogP contribution in [-0.2, 0) is 10.0 Å². The number of hydrogen-bond acceptors (Lipinski definition) is 5. The van der Waals surface area contributed by atoms with E-state index in [1.807, 2.05) is 0 Å². The molecule has 3 N–H and O–H groups in total. The van der Waals surface area contributed by atoms with Crippen molar-refractivity contribution in [2.75, 3.05) is 0 Å². The van der Waals surface area contributed by atoms with Crippen LogP contribution in [0.1, 0.15) is 34.0 Å². The lowest BCUT2D eigenvalue weighted by atomic mass is 10.3. The van der Waals surface area contributed by atoms with E-state index in [0.29, 0.717) is 11.4 Å². The van der Waals surface area contributed by atoms with E-state index in [2.05, 4.69) is 14.7 Å². The number of carbonyl (C=O) groups is 1. The van der Waals surface area contributed by atoms with Gasteiger partial charge in [-0.1, -0.05) is 0 Å². The summed E-state index contributed by atoms with van der Waals surface area (Å²) in [4.78, 5) is 17.5. The lowest BCUT2D eigenvalue weighted by molar-refractivity contribution is 0.0698. The van der Waals surface area contributed by atoms with Gasteiger partial charge in [0.2, 0.25) is 10.0 Å². The Balaban J connectivity index is 2.36. The molecule has 7 nitrogen and oxygen atoms in total. The molecule has 0 radical (unpaired) electrons. The molecule has 2 aromatic heterocycles. The van der Waals surface area contributed by atoms with Crippen molar-refractivity contribution in [2.24, 2.45) is 0 Å². The summed E-state index contributed by atoms with van der Waals surface area (Å²) in [6.45, 7) is 3.19. The minimum atomic E-state index is -3.93. The van der Waals surface area contributed by atoms with Crippen LogP contribution in [0.5, 0.6) is 0 Å². The molecule has 0 saturated heterocycles. The second kappa shape index (κ2) is 5.35. The van der Waals surface area contributed by atoms with Gasteiger partial charge in [0.1, 0.15) is 15.6 Å². The molecule has 1 unspecified atom stereocenters. The van der Waals surface area contributed by atoms with E-state index < -0.39 is 22.0 Å². The van der Waals surface area contributed by atoms with Crippen LogP contribution in [0, 0.1) is 6.92 Å². The topological polar surface area (TPSA) is 112 Å². The lowest BCUT2D eigenvalue weighted by Crippen LogP contribution is -2.28. The number of carboxylic acids is 1. The number of aromatic nitrogens is 2. The smallest absolute Gasteiger partial charge is 0.347 e. The standard InChI is InChI=1S/C11H13N3O4S2/c1-6-5-19-8(11(15)16)9(6)20(17,18)14-7(2)10-12-3-4-13-10/h3-5,7,14H,1-2H3,(H,12,13)(H,15,16). The lowest BCUT2D eigenvalue weighted by Gasteiger charge is -2.12. The Hall–Kier alpha value is -1.71. The molecule has 2 aromatic rings. The van der Waals surface area contributed by atoms with Crippen molar-refractivity contribution < 1.29 is 18.3 Å². The van der Waals surface area contributed by atoms with Gasteiger partial charge in [-0.25, -0.2) is 22.9 Å². The Kier molecular flexibility index (Phi) is 3.93. The van der Waals surface area contributed by atoms with E-state index >= 15 is 0 Å². The minimum Gasteiger partial charge on any atom is -0.477 e. The average molecular weight is 315 g/mol. The molecule has 0 aliphatic carbocycles. The van der Waals surface area contributed by atoms with Crippen LogP contribution >= 0.6 is 11.3 Å². The minimum absolute atomic E-state index is 0.187. The molecule has 108 valence electrons. The zero-order chi connectivity index (χ0) is 14.9. The maximum Gasteiger partial charge on any atom is 0.347 e. The highest BCUT2D eigenvalue weighted by Crippen LogP contribution is 2.27. The molecule has 2 rings (SSSR count). The maximum absolute atomic E-state index is 12.3. The first-order chi connectivity index (χ1) is 9.33. The molecule has 0 amide bonds. The zero-order valence-electron chi connectivity index (χ0n) is 10.7. The largest absolute Gasteiger partial charge is 0.477 e. The number of imidazole rings is 1. The molecule has 9 heteroatoms. The Morgan fingerprint density at radius 3 is 2.80 bits per heavy atom. The second-order valence-corrected chi connectivity index (χ2v) is 6.73. The Morgan fingerprint density at radius 2 is 2.25 bits per heavy atom. The van der Waals surface area contributed by atoms with Gasteiger partial charge in [-0.2, -0.15) is 0 Å². The molecule has 0 aromatic carbocycles. The predicted octanol–water partition coefficient (Wildman–Crippen LogP) is 1.52. The van der Waals surface area contributed by atoms with Crippen LogP contribution in [0.4, 0.5) is 0 Å². The Bertz CT molecular complexity index is 719. The fourth-order valence-electron chi connectivity index (χ4n) is 1.78. The first-order valence-electron chi connectivity index (χ1n) is 5.66. The number of rotatable bonds is 5. The van der Waals surface area contributed by atoms with Crippen LogP contribution in [0.25, 0.3) is 0 Å². The quantitative estimate of drug-likeness (QED) is 0.774. The summed E-state index contributed by atoms with van der Waals surface area (Å²) in [5, 5.41) is 10.6. The molecule has 20 heavy (non-hydrogen) atoms. The first-order valence-corrected chi connectivity index (χ1v) is 8.02. The number of nitrogens with zero attached hydrogens (tertiary/aromatic N) is 1. The van der Waals surface area contributed by atoms with Crippen LogP contribution < -0.4 is 4.72 Å². The number of hydrogen-bond donors (Lipinski definition) is 3. The highest BCUT2D eigenvalue weighted by atomic mass is 32.2. The number of carboxylic acid groups (broad SMARTS) is 1. The summed E-state index contributed by atoms with van der Waals surface area (Å²) in [5.41, 5.74) is 0.409. The third kappa shape index (κ3) is 2.74. The number of thiophene rings is 1. The SMILES string of the molecule is Cc1csc(C(=O)O)c1S(=O)(=O)NC(C)c1ncc[nH]1. The Labute approximate surface area is 119 Å². The monoisotopic (exact) mass is 315 g/mol. The van der Waals surface area contributed by atoms with Gasteiger partial charge in [-0.05, 0) is 24.8 Å². The van der Waals surface area contributed by atoms with E-state index in [0.717, 1.165) is 11.3 Å². The number of aromatic carboxylic acids is 1. The maximum atomic E-state index is 12.3. The fourth-order valence-corrected chi connectivity index (χ4v) is 4.62. The van der Waals surface area contributed by atoms with Gasteiger partial charge in [0.25, 0.3) is 0 Å². The normalized spacial score (nSPS) is 13.3. The van der Waals surface area contributed by atoms with Crippen LogP contribution in [0.3, 0.4) is 0 Å². The number of H-pyrrole nitrogens is 1. The molecular formula is C11H13N3O4S2. The van der Waals surface area contributed by atoms with Gasteiger partial charge in [0, 0.05) is 12.4 Å². The summed E-state index contributed by atoms with van der Waals surface area (Å²) < 4.78 is 27.1. The van der Waals surface area contributed by atoms with E-state index in [1.165, 1.54) is 11.6 Å². The number of aryl methyl sites for hydroxylation is 1. The predicted molar refractivity (Wildman–Crippen MR) is 73.3 cm³/mol. The number of sulfonamides is 1. The van der Waals surface area contributed by atoms with Crippen molar-refractivity contribution in [3.05, 3.63) is 34.0 Å². The number of aromatic amines is 1. The van der Waals surface area contributed by atoms with E-state index in [4.69, 9.17) is 5.11 Å². The zero-order valence-corrected chi connectivity index (χ0v) is 12.4. The summed E-state index contributed by atoms with van der Waals surface area (Å²) in [6, 6.07) is -0.587. The molecule has 0 aliphatic rings. The molecule has 0 fully saturated rings. The molecule has 0 saturated carbocycles. The van der Waals surface area contributed by atoms with Gasteiger partial charge >= 0.3 is 5.97 Å². The summed E-state index contributed by atoms with van der Waals surface area (Å²) in [5.74, 6) is -0.799. The molecule has 0 spiro atoms. The third-order valence-electron chi connectivity index (χ3n) is 2.64. The molecule has 0 bridgehead atoms. The van der Waals surface area contributed by atoms with E-state index in [9.17, 15) is 13.2 Å². The van der Waals surface area contributed by atoms with Crippen molar-refractivity contribution in [2.45, 2.75) is 24.8 Å². The highest BCUT2D eigenvalue weighted by Gasteiger charge is 2.28. The van der Waals surface area contributed by atoms with Crippen molar-refractivity contribution >= 4 is 27.3 Å². The van der Waals surface area contributed by atoms with Gasteiger partial charge in [-0.15, -0.1) is 11.3 Å². The number of nitrogens with one attached hydrogen (secondary N) is 2. The van der Waals surface area contributed by atoms with Gasteiger partial charge in [-0.3, -0.25) is 0 Å². The van der Waals surface area contributed by atoms with Crippen LogP contribution in [0.2, 0.25) is 0 Å². The summed E-state index contributed by atoms with van der Waals surface area (Å²) in [7, 11) is -3.93. The van der Waals surface area contributed by atoms with Crippen molar-refractivity contribution in [3.63, 3.8) is 0 Å².